The van der Waals surface area contributed by atoms with Crippen LogP contribution in [-0.4, -0.2) is 24.9 Å². The first-order valence-corrected chi connectivity index (χ1v) is 7.74. The zero-order valence-corrected chi connectivity index (χ0v) is 13.5. The molecular formula is C18H15N5O2. The van der Waals surface area contributed by atoms with Crippen molar-refractivity contribution in [3.63, 3.8) is 0 Å². The number of pyridine rings is 1. The van der Waals surface area contributed by atoms with Crippen LogP contribution < -0.4 is 4.74 Å². The van der Waals surface area contributed by atoms with Gasteiger partial charge in [0.25, 0.3) is 5.89 Å². The molecule has 1 aromatic carbocycles. The van der Waals surface area contributed by atoms with Gasteiger partial charge in [-0.1, -0.05) is 23.4 Å². The Morgan fingerprint density at radius 1 is 1.12 bits per heavy atom. The van der Waals surface area contributed by atoms with E-state index in [2.05, 4.69) is 20.2 Å². The van der Waals surface area contributed by atoms with Crippen LogP contribution in [0.3, 0.4) is 0 Å². The van der Waals surface area contributed by atoms with Crippen molar-refractivity contribution in [1.29, 1.82) is 0 Å². The molecule has 0 unspecified atom stereocenters. The minimum absolute atomic E-state index is 0.232. The Bertz CT molecular complexity index is 964. The monoisotopic (exact) mass is 333 g/mol. The molecular weight excluding hydrogens is 318 g/mol. The fourth-order valence-electron chi connectivity index (χ4n) is 2.45. The highest BCUT2D eigenvalue weighted by Crippen LogP contribution is 2.29. The maximum Gasteiger partial charge on any atom is 0.261 e. The second-order valence-electron chi connectivity index (χ2n) is 5.42. The number of hydrogen-bond donors (Lipinski definition) is 0. The number of aromatic nitrogens is 5. The van der Waals surface area contributed by atoms with Crippen molar-refractivity contribution in [2.45, 2.75) is 6.61 Å². The fraction of sp³-hybridized carbons (Fsp3) is 0.111. The molecule has 7 nitrogen and oxygen atoms in total. The van der Waals surface area contributed by atoms with Gasteiger partial charge >= 0.3 is 0 Å². The van der Waals surface area contributed by atoms with Crippen molar-refractivity contribution in [2.75, 3.05) is 0 Å². The summed E-state index contributed by atoms with van der Waals surface area (Å²) in [6.07, 6.45) is 5.32. The van der Waals surface area contributed by atoms with E-state index in [1.165, 1.54) is 0 Å². The van der Waals surface area contributed by atoms with E-state index in [4.69, 9.17) is 9.26 Å². The summed E-state index contributed by atoms with van der Waals surface area (Å²) in [6, 6.07) is 13.3. The van der Waals surface area contributed by atoms with Crippen molar-refractivity contribution < 1.29 is 9.26 Å². The molecule has 0 aliphatic rings. The number of benzene rings is 1. The minimum Gasteiger partial charge on any atom is -0.485 e. The Labute approximate surface area is 143 Å². The molecule has 0 aliphatic carbocycles. The zero-order chi connectivity index (χ0) is 17.1. The maximum atomic E-state index is 5.65. The lowest BCUT2D eigenvalue weighted by atomic mass is 10.1. The summed E-state index contributed by atoms with van der Waals surface area (Å²) in [5.41, 5.74) is 2.39. The Morgan fingerprint density at radius 3 is 2.80 bits per heavy atom. The van der Waals surface area contributed by atoms with Gasteiger partial charge in [-0.3, -0.25) is 9.67 Å². The van der Waals surface area contributed by atoms with E-state index in [0.717, 1.165) is 22.6 Å². The molecule has 0 radical (unpaired) electrons. The maximum absolute atomic E-state index is 5.65. The van der Waals surface area contributed by atoms with E-state index in [9.17, 15) is 0 Å². The van der Waals surface area contributed by atoms with Crippen LogP contribution in [0.2, 0.25) is 0 Å². The molecule has 25 heavy (non-hydrogen) atoms. The highest BCUT2D eigenvalue weighted by atomic mass is 16.5. The molecule has 0 spiro atoms. The van der Waals surface area contributed by atoms with Crippen molar-refractivity contribution in [3.8, 4) is 28.5 Å². The van der Waals surface area contributed by atoms with Crippen LogP contribution in [0.4, 0.5) is 0 Å². The third-order valence-corrected chi connectivity index (χ3v) is 3.57. The van der Waals surface area contributed by atoms with Gasteiger partial charge in [-0.15, -0.1) is 0 Å². The molecule has 0 saturated carbocycles. The molecule has 124 valence electrons. The van der Waals surface area contributed by atoms with Crippen LogP contribution in [0.15, 0.2) is 65.6 Å². The summed E-state index contributed by atoms with van der Waals surface area (Å²) >= 11 is 0. The molecule has 0 fully saturated rings. The molecule has 7 heteroatoms. The SMILES string of the molecule is Cn1cc(-c2nc(COc3ccccc3)no2)c(-c2cccnc2)n1. The standard InChI is InChI=1S/C18H15N5O2/c1-23-11-15(17(21-23)13-6-5-9-19-10-13)18-20-16(22-25-18)12-24-14-7-3-2-4-8-14/h2-11H,12H2,1H3. The normalized spacial score (nSPS) is 10.8. The van der Waals surface area contributed by atoms with Gasteiger partial charge < -0.3 is 9.26 Å². The number of nitrogens with zero attached hydrogens (tertiary/aromatic N) is 5. The first-order chi connectivity index (χ1) is 12.3. The number of ether oxygens (including phenoxy) is 1. The van der Waals surface area contributed by atoms with Crippen molar-refractivity contribution in [3.05, 3.63) is 66.9 Å². The summed E-state index contributed by atoms with van der Waals surface area (Å²) in [4.78, 5) is 8.56. The van der Waals surface area contributed by atoms with Crippen molar-refractivity contribution >= 4 is 0 Å². The number of aryl methyl sites for hydroxylation is 1. The van der Waals surface area contributed by atoms with Gasteiger partial charge in [0.15, 0.2) is 6.61 Å². The average molecular weight is 333 g/mol. The van der Waals surface area contributed by atoms with Crippen LogP contribution in [0.25, 0.3) is 22.7 Å². The number of para-hydroxylation sites is 1. The number of rotatable bonds is 5. The smallest absolute Gasteiger partial charge is 0.261 e. The van der Waals surface area contributed by atoms with E-state index >= 15 is 0 Å². The van der Waals surface area contributed by atoms with Gasteiger partial charge in [0, 0.05) is 31.2 Å². The van der Waals surface area contributed by atoms with E-state index in [-0.39, 0.29) is 6.61 Å². The fourth-order valence-corrected chi connectivity index (χ4v) is 2.45. The highest BCUT2D eigenvalue weighted by molar-refractivity contribution is 5.75. The Morgan fingerprint density at radius 2 is 2.00 bits per heavy atom. The van der Waals surface area contributed by atoms with Gasteiger partial charge in [0.05, 0.1) is 5.56 Å². The van der Waals surface area contributed by atoms with E-state index < -0.39 is 0 Å². The molecule has 0 atom stereocenters. The molecule has 0 aliphatic heterocycles. The quantitative estimate of drug-likeness (QED) is 0.558. The lowest BCUT2D eigenvalue weighted by Crippen LogP contribution is -1.97. The largest absolute Gasteiger partial charge is 0.485 e. The average Bonchev–Trinajstić information content (AvgIpc) is 3.28. The zero-order valence-electron chi connectivity index (χ0n) is 13.5. The lowest BCUT2D eigenvalue weighted by molar-refractivity contribution is 0.287. The summed E-state index contributed by atoms with van der Waals surface area (Å²) in [5, 5.41) is 8.47. The molecule has 3 aromatic heterocycles. The first kappa shape index (κ1) is 15.1. The van der Waals surface area contributed by atoms with Gasteiger partial charge in [-0.25, -0.2) is 0 Å². The van der Waals surface area contributed by atoms with Crippen LogP contribution in [0, 0.1) is 0 Å². The molecule has 0 bridgehead atoms. The van der Waals surface area contributed by atoms with Crippen molar-refractivity contribution in [2.24, 2.45) is 7.05 Å². The third-order valence-electron chi connectivity index (χ3n) is 3.57. The predicted octanol–water partition coefficient (Wildman–Crippen LogP) is 3.11. The van der Waals surface area contributed by atoms with Gasteiger partial charge in [-0.2, -0.15) is 10.1 Å². The minimum atomic E-state index is 0.232. The summed E-state index contributed by atoms with van der Waals surface area (Å²) in [5.74, 6) is 1.63. The van der Waals surface area contributed by atoms with Gasteiger partial charge in [0.2, 0.25) is 5.82 Å². The van der Waals surface area contributed by atoms with Crippen LogP contribution >= 0.6 is 0 Å². The molecule has 0 saturated heterocycles. The predicted molar refractivity (Wildman–Crippen MR) is 90.5 cm³/mol. The summed E-state index contributed by atoms with van der Waals surface area (Å²) < 4.78 is 12.8. The molecule has 4 aromatic rings. The lowest BCUT2D eigenvalue weighted by Gasteiger charge is -2.01. The van der Waals surface area contributed by atoms with Crippen LogP contribution in [-0.2, 0) is 13.7 Å². The number of hydrogen-bond acceptors (Lipinski definition) is 6. The highest BCUT2D eigenvalue weighted by Gasteiger charge is 2.18. The van der Waals surface area contributed by atoms with E-state index in [1.807, 2.05) is 55.7 Å². The Kier molecular flexibility index (Phi) is 3.96. The van der Waals surface area contributed by atoms with Gasteiger partial charge in [0.1, 0.15) is 11.4 Å². The summed E-state index contributed by atoms with van der Waals surface area (Å²) in [6.45, 7) is 0.232. The molecule has 4 rings (SSSR count). The Hall–Kier alpha value is -3.48. The first-order valence-electron chi connectivity index (χ1n) is 7.74. The second-order valence-corrected chi connectivity index (χ2v) is 5.42. The molecule has 0 N–H and O–H groups in total. The molecule has 0 amide bonds. The molecule has 3 heterocycles. The van der Waals surface area contributed by atoms with E-state index in [1.54, 1.807) is 17.1 Å². The topological polar surface area (TPSA) is 78.9 Å². The van der Waals surface area contributed by atoms with E-state index in [0.29, 0.717) is 11.7 Å². The third kappa shape index (κ3) is 3.25. The van der Waals surface area contributed by atoms with Gasteiger partial charge in [-0.05, 0) is 24.3 Å². The van der Waals surface area contributed by atoms with Crippen molar-refractivity contribution in [1.82, 2.24) is 24.9 Å². The second kappa shape index (κ2) is 6.56. The van der Waals surface area contributed by atoms with Crippen LogP contribution in [0.1, 0.15) is 5.82 Å². The Balaban J connectivity index is 1.58. The summed E-state index contributed by atoms with van der Waals surface area (Å²) in [7, 11) is 1.85. The van der Waals surface area contributed by atoms with Crippen LogP contribution in [0.5, 0.6) is 5.75 Å².